The molecule has 3 fully saturated rings. The van der Waals surface area contributed by atoms with Gasteiger partial charge in [0.15, 0.2) is 5.78 Å². The number of rotatable bonds is 10. The van der Waals surface area contributed by atoms with Crippen LogP contribution in [0.3, 0.4) is 0 Å². The molecule has 4 aliphatic rings. The van der Waals surface area contributed by atoms with Crippen molar-refractivity contribution < 1.29 is 37.1 Å². The largest absolute Gasteiger partial charge is 0.459 e. The maximum atomic E-state index is 14.8. The van der Waals surface area contributed by atoms with Crippen LogP contribution in [0.5, 0.6) is 6.01 Å². The van der Waals surface area contributed by atoms with Crippen molar-refractivity contribution in [2.45, 2.75) is 154 Å². The number of hydrogen-bond donors (Lipinski definition) is 2. The van der Waals surface area contributed by atoms with E-state index in [9.17, 15) is 27.6 Å². The van der Waals surface area contributed by atoms with E-state index in [0.717, 1.165) is 34.6 Å². The van der Waals surface area contributed by atoms with E-state index in [4.69, 9.17) is 19.4 Å². The predicted molar refractivity (Wildman–Crippen MR) is 250 cm³/mol. The number of aryl methyl sites for hydroxylation is 1. The number of hydrogen-bond acceptors (Lipinski definition) is 11. The average Bonchev–Trinajstić information content (AvgIpc) is 3.92. The lowest BCUT2D eigenvalue weighted by molar-refractivity contribution is -0.140. The standard InChI is InChI=1S/C49H62N6O8S2/c1-30(2)55-38-20-14-18-36(42-50-34(29-64-42)24-32-16-13-15-31(3)23-32)41(38)52-45(55)62-35-25-39-40(56)27-49(44(58)53-65(60,61)48(7)21-22-48)26-33(49)17-11-9-8-10-12-19-37(43(57)54(39)28-35)51-46(59)63-47(4,5)6/h11,13-18,20,23,29-30,33,35,37,39H,8-10,12,19,21-22,24-28H2,1-7H3,(H,51,59)(H,53,58)/b17-11-/t33-,35-,37+,39+,49-/m1/s1. The highest BCUT2D eigenvalue weighted by Crippen LogP contribution is 2.57. The van der Waals surface area contributed by atoms with Gasteiger partial charge in [0.1, 0.15) is 28.3 Å². The smallest absolute Gasteiger partial charge is 0.408 e. The van der Waals surface area contributed by atoms with Gasteiger partial charge in [-0.15, -0.1) is 11.3 Å². The number of benzene rings is 2. The van der Waals surface area contributed by atoms with E-state index in [-0.39, 0.29) is 37.1 Å². The molecule has 0 spiro atoms. The number of Topliss-reactive ketones (excluding diaryl/α,β-unsaturated/α-hetero) is 1. The summed E-state index contributed by atoms with van der Waals surface area (Å²) in [6.07, 6.45) is 7.51. The molecular formula is C49H62N6O8S2. The number of thiazole rings is 1. The number of ketones is 1. The third-order valence-corrected chi connectivity index (χ3v) is 16.4. The third-order valence-electron chi connectivity index (χ3n) is 13.3. The molecule has 0 unspecified atom stereocenters. The molecule has 2 aliphatic heterocycles. The normalized spacial score (nSPS) is 25.3. The first-order valence-corrected chi connectivity index (χ1v) is 25.4. The number of carbonyl (C=O) groups excluding carboxylic acids is 4. The second kappa shape index (κ2) is 17.9. The minimum Gasteiger partial charge on any atom is -0.459 e. The number of sulfonamides is 1. The number of fused-ring (bicyclic) bond motifs is 3. The maximum Gasteiger partial charge on any atom is 0.408 e. The van der Waals surface area contributed by atoms with Gasteiger partial charge in [0, 0.05) is 36.2 Å². The molecule has 2 aliphatic carbocycles. The van der Waals surface area contributed by atoms with E-state index in [1.807, 2.05) is 48.8 Å². The molecule has 16 heteroatoms. The number of para-hydroxylation sites is 1. The Morgan fingerprint density at radius 2 is 1.82 bits per heavy atom. The Morgan fingerprint density at radius 3 is 2.54 bits per heavy atom. The van der Waals surface area contributed by atoms with Crippen molar-refractivity contribution in [2.24, 2.45) is 11.3 Å². The van der Waals surface area contributed by atoms with Crippen molar-refractivity contribution in [3.05, 3.63) is 76.8 Å². The summed E-state index contributed by atoms with van der Waals surface area (Å²) in [4.78, 5) is 68.5. The van der Waals surface area contributed by atoms with E-state index >= 15 is 0 Å². The maximum absolute atomic E-state index is 14.8. The topological polar surface area (TPSA) is 179 Å². The lowest BCUT2D eigenvalue weighted by Crippen LogP contribution is -2.53. The van der Waals surface area contributed by atoms with E-state index in [0.29, 0.717) is 56.5 Å². The van der Waals surface area contributed by atoms with Gasteiger partial charge in [0.2, 0.25) is 21.8 Å². The Balaban J connectivity index is 1.11. The van der Waals surface area contributed by atoms with Gasteiger partial charge in [0.25, 0.3) is 6.01 Å². The minimum absolute atomic E-state index is 0.0138. The van der Waals surface area contributed by atoms with Gasteiger partial charge in [-0.25, -0.2) is 18.2 Å². The third kappa shape index (κ3) is 10.0. The quantitative estimate of drug-likeness (QED) is 0.147. The summed E-state index contributed by atoms with van der Waals surface area (Å²) in [7, 11) is -3.97. The highest BCUT2D eigenvalue weighted by molar-refractivity contribution is 7.91. The summed E-state index contributed by atoms with van der Waals surface area (Å²) in [6.45, 7) is 13.0. The number of alkyl carbamates (subject to hydrolysis) is 1. The Hall–Kier alpha value is -5.09. The lowest BCUT2D eigenvalue weighted by atomic mass is 9.91. The molecule has 8 rings (SSSR count). The summed E-state index contributed by atoms with van der Waals surface area (Å²) in [5.41, 5.74) is 3.67. The molecule has 2 aromatic heterocycles. The zero-order chi connectivity index (χ0) is 46.5. The van der Waals surface area contributed by atoms with Crippen molar-refractivity contribution in [3.63, 3.8) is 0 Å². The predicted octanol–water partition coefficient (Wildman–Crippen LogP) is 8.37. The number of allylic oxidation sites excluding steroid dienone is 2. The van der Waals surface area contributed by atoms with Crippen molar-refractivity contribution >= 4 is 56.1 Å². The molecule has 5 atom stereocenters. The first kappa shape index (κ1) is 46.4. The van der Waals surface area contributed by atoms with Crippen LogP contribution in [0, 0.1) is 18.3 Å². The van der Waals surface area contributed by atoms with Crippen LogP contribution in [0.2, 0.25) is 0 Å². The average molecular weight is 927 g/mol. The first-order chi connectivity index (χ1) is 30.8. The van der Waals surface area contributed by atoms with Crippen LogP contribution in [0.25, 0.3) is 21.6 Å². The fourth-order valence-electron chi connectivity index (χ4n) is 9.28. The van der Waals surface area contributed by atoms with Crippen LogP contribution in [-0.2, 0) is 35.6 Å². The van der Waals surface area contributed by atoms with E-state index in [2.05, 4.69) is 46.6 Å². The molecule has 14 nitrogen and oxygen atoms in total. The number of ether oxygens (including phenoxy) is 2. The molecule has 3 amide bonds. The number of imidazole rings is 1. The number of amides is 3. The SMILES string of the molecule is Cc1cccc(Cc2csc(-c3cccc4c3nc(O[C@@H]3C[C@H]5C(=O)C[C@]6(C(=O)NS(=O)(=O)C7(C)CC7)C[C@H]6/C=C\CCCCC[C@H](NC(=O)OC(C)(C)C)C(=O)N5C3)n4C(C)C)n2)c1. The van der Waals surface area contributed by atoms with Gasteiger partial charge in [-0.2, -0.15) is 4.98 Å². The Labute approximate surface area is 386 Å². The first-order valence-electron chi connectivity index (χ1n) is 23.0. The summed E-state index contributed by atoms with van der Waals surface area (Å²) in [5.74, 6) is -1.85. The summed E-state index contributed by atoms with van der Waals surface area (Å²) in [6, 6.07) is 12.6. The molecular weight excluding hydrogens is 865 g/mol. The van der Waals surface area contributed by atoms with Crippen LogP contribution in [0.4, 0.5) is 4.79 Å². The van der Waals surface area contributed by atoms with Gasteiger partial charge >= 0.3 is 6.09 Å². The number of aromatic nitrogens is 3. The van der Waals surface area contributed by atoms with E-state index in [1.54, 1.807) is 39.0 Å². The van der Waals surface area contributed by atoms with E-state index < -0.39 is 61.9 Å². The van der Waals surface area contributed by atoms with E-state index in [1.165, 1.54) is 16.0 Å². The van der Waals surface area contributed by atoms with Crippen LogP contribution in [-0.4, -0.2) is 86.6 Å². The van der Waals surface area contributed by atoms with Gasteiger partial charge in [0.05, 0.1) is 34.0 Å². The highest BCUT2D eigenvalue weighted by atomic mass is 32.2. The summed E-state index contributed by atoms with van der Waals surface area (Å²) < 4.78 is 42.4. The second-order valence-electron chi connectivity index (χ2n) is 20.1. The number of nitrogens with one attached hydrogen (secondary N) is 2. The molecule has 348 valence electrons. The Morgan fingerprint density at radius 1 is 1.05 bits per heavy atom. The molecule has 2 saturated carbocycles. The van der Waals surface area contributed by atoms with Crippen LogP contribution >= 0.6 is 11.3 Å². The molecule has 1 saturated heterocycles. The number of nitrogens with zero attached hydrogens (tertiary/aromatic N) is 4. The molecule has 0 radical (unpaired) electrons. The Kier molecular flexibility index (Phi) is 12.8. The Bertz CT molecular complexity index is 2620. The van der Waals surface area contributed by atoms with Crippen molar-refractivity contribution in [3.8, 4) is 16.6 Å². The second-order valence-corrected chi connectivity index (χ2v) is 23.1. The van der Waals surface area contributed by atoms with Crippen LogP contribution in [0.1, 0.15) is 129 Å². The molecule has 2 N–H and O–H groups in total. The van der Waals surface area contributed by atoms with Gasteiger partial charge in [-0.05, 0) is 111 Å². The zero-order valence-electron chi connectivity index (χ0n) is 38.5. The monoisotopic (exact) mass is 926 g/mol. The fraction of sp³-hybridized carbons (Fsp3) is 0.551. The zero-order valence-corrected chi connectivity index (χ0v) is 40.1. The highest BCUT2D eigenvalue weighted by Gasteiger charge is 2.62. The summed E-state index contributed by atoms with van der Waals surface area (Å²) >= 11 is 1.56. The van der Waals surface area contributed by atoms with Crippen molar-refractivity contribution in [1.29, 1.82) is 0 Å². The molecule has 4 heterocycles. The van der Waals surface area contributed by atoms with Crippen molar-refractivity contribution in [1.82, 2.24) is 29.5 Å². The summed E-state index contributed by atoms with van der Waals surface area (Å²) in [5, 5.41) is 5.71. The van der Waals surface area contributed by atoms with Crippen LogP contribution < -0.4 is 14.8 Å². The molecule has 4 aromatic rings. The molecule has 0 bridgehead atoms. The minimum atomic E-state index is -3.97. The van der Waals surface area contributed by atoms with Crippen LogP contribution in [0.15, 0.2) is 60.0 Å². The van der Waals surface area contributed by atoms with Crippen molar-refractivity contribution in [2.75, 3.05) is 6.54 Å². The molecule has 65 heavy (non-hydrogen) atoms. The van der Waals surface area contributed by atoms with Gasteiger partial charge < -0.3 is 19.7 Å². The lowest BCUT2D eigenvalue weighted by Gasteiger charge is -2.30. The van der Waals surface area contributed by atoms with Gasteiger partial charge in [-0.1, -0.05) is 60.9 Å². The number of carbonyl (C=O) groups is 4. The van der Waals surface area contributed by atoms with Gasteiger partial charge in [-0.3, -0.25) is 23.7 Å². The fourth-order valence-corrected chi connectivity index (χ4v) is 11.5. The molecule has 2 aromatic carbocycles.